The number of benzene rings is 2. The molecule has 0 spiro atoms. The van der Waals surface area contributed by atoms with Gasteiger partial charge in [-0.2, -0.15) is 0 Å². The van der Waals surface area contributed by atoms with Crippen LogP contribution < -0.4 is 9.88 Å². The molecule has 3 aromatic rings. The van der Waals surface area contributed by atoms with Crippen molar-refractivity contribution in [1.82, 2.24) is 9.55 Å². The number of halogens is 1. The maximum absolute atomic E-state index is 12.9. The lowest BCUT2D eigenvalue weighted by molar-refractivity contribution is 0.343. The summed E-state index contributed by atoms with van der Waals surface area (Å²) in [5.41, 5.74) is 1.46. The molecular formula is C18H20FN3O3S2. The number of aryl methyl sites for hydroxylation is 1. The second-order valence-electron chi connectivity index (χ2n) is 5.89. The Bertz CT molecular complexity index is 1030. The molecule has 27 heavy (non-hydrogen) atoms. The molecule has 1 aromatic heterocycles. The lowest BCUT2D eigenvalue weighted by atomic mass is 10.3. The highest BCUT2D eigenvalue weighted by atomic mass is 32.2. The van der Waals surface area contributed by atoms with Crippen molar-refractivity contribution in [3.63, 3.8) is 0 Å². The Kier molecular flexibility index (Phi) is 6.03. The van der Waals surface area contributed by atoms with Crippen LogP contribution in [0.3, 0.4) is 0 Å². The van der Waals surface area contributed by atoms with E-state index in [-0.39, 0.29) is 10.7 Å². The molecule has 0 saturated carbocycles. The third-order valence-corrected chi connectivity index (χ3v) is 5.71. The molecule has 0 aliphatic heterocycles. The van der Waals surface area contributed by atoms with Crippen LogP contribution in [0.1, 0.15) is 13.3 Å². The SMILES string of the molecule is CCCn1c(SCCOc2ccc(F)cc2)nc2cc(S(N)(=O)=O)ccc21. The van der Waals surface area contributed by atoms with Crippen molar-refractivity contribution < 1.29 is 17.5 Å². The van der Waals surface area contributed by atoms with E-state index in [1.54, 1.807) is 18.2 Å². The number of primary sulfonamides is 1. The Balaban J connectivity index is 1.74. The van der Waals surface area contributed by atoms with Crippen molar-refractivity contribution in [1.29, 1.82) is 0 Å². The fraction of sp³-hybridized carbons (Fsp3) is 0.278. The van der Waals surface area contributed by atoms with E-state index in [0.717, 1.165) is 23.6 Å². The van der Waals surface area contributed by atoms with E-state index in [1.165, 1.54) is 36.0 Å². The smallest absolute Gasteiger partial charge is 0.238 e. The molecule has 0 bridgehead atoms. The summed E-state index contributed by atoms with van der Waals surface area (Å²) in [6.45, 7) is 3.27. The van der Waals surface area contributed by atoms with Crippen LogP contribution in [0.5, 0.6) is 5.75 Å². The fourth-order valence-corrected chi connectivity index (χ4v) is 4.03. The predicted molar refractivity (Wildman–Crippen MR) is 104 cm³/mol. The predicted octanol–water partition coefficient (Wildman–Crippen LogP) is 3.40. The zero-order valence-corrected chi connectivity index (χ0v) is 16.4. The molecule has 6 nitrogen and oxygen atoms in total. The monoisotopic (exact) mass is 409 g/mol. The van der Waals surface area contributed by atoms with Gasteiger partial charge in [-0.3, -0.25) is 0 Å². The first kappa shape index (κ1) is 19.7. The van der Waals surface area contributed by atoms with Crippen LogP contribution in [0.25, 0.3) is 11.0 Å². The summed E-state index contributed by atoms with van der Waals surface area (Å²) in [5, 5.41) is 6.00. The minimum absolute atomic E-state index is 0.0485. The molecule has 0 atom stereocenters. The van der Waals surface area contributed by atoms with E-state index in [0.29, 0.717) is 23.6 Å². The van der Waals surface area contributed by atoms with Gasteiger partial charge in [-0.25, -0.2) is 22.9 Å². The summed E-state index contributed by atoms with van der Waals surface area (Å²) in [4.78, 5) is 4.61. The molecule has 0 aliphatic rings. The van der Waals surface area contributed by atoms with E-state index in [4.69, 9.17) is 9.88 Å². The lowest BCUT2D eigenvalue weighted by Gasteiger charge is -2.08. The molecule has 0 aliphatic carbocycles. The standard InChI is InChI=1S/C18H20FN3O3S2/c1-2-9-22-17-8-7-15(27(20,23)24)12-16(17)21-18(22)26-11-10-25-14-5-3-13(19)4-6-14/h3-8,12H,2,9-11H2,1H3,(H2,20,23,24). The largest absolute Gasteiger partial charge is 0.493 e. The molecule has 0 radical (unpaired) electrons. The van der Waals surface area contributed by atoms with Crippen molar-refractivity contribution in [2.75, 3.05) is 12.4 Å². The number of rotatable bonds is 8. The highest BCUT2D eigenvalue weighted by Gasteiger charge is 2.15. The Labute approximate surface area is 161 Å². The number of nitrogens with two attached hydrogens (primary N) is 1. The molecular weight excluding hydrogens is 389 g/mol. The van der Waals surface area contributed by atoms with E-state index in [1.807, 2.05) is 0 Å². The Hall–Kier alpha value is -2.10. The lowest BCUT2D eigenvalue weighted by Crippen LogP contribution is -2.11. The maximum Gasteiger partial charge on any atom is 0.238 e. The van der Waals surface area contributed by atoms with Crippen molar-refractivity contribution in [3.05, 3.63) is 48.3 Å². The van der Waals surface area contributed by atoms with E-state index in [9.17, 15) is 12.8 Å². The molecule has 0 unspecified atom stereocenters. The van der Waals surface area contributed by atoms with Crippen LogP contribution in [0, 0.1) is 5.82 Å². The van der Waals surface area contributed by atoms with Gasteiger partial charge in [-0.1, -0.05) is 18.7 Å². The van der Waals surface area contributed by atoms with Gasteiger partial charge in [0.1, 0.15) is 11.6 Å². The zero-order chi connectivity index (χ0) is 19.4. The van der Waals surface area contributed by atoms with Gasteiger partial charge in [0.05, 0.1) is 22.5 Å². The molecule has 2 aromatic carbocycles. The molecule has 1 heterocycles. The Morgan fingerprint density at radius 3 is 2.63 bits per heavy atom. The first-order valence-corrected chi connectivity index (χ1v) is 11.0. The maximum atomic E-state index is 12.9. The summed E-state index contributed by atoms with van der Waals surface area (Å²) in [6.07, 6.45) is 0.919. The molecule has 0 saturated heterocycles. The van der Waals surface area contributed by atoms with Crippen molar-refractivity contribution in [2.24, 2.45) is 5.14 Å². The van der Waals surface area contributed by atoms with Gasteiger partial charge < -0.3 is 9.30 Å². The summed E-state index contributed by atoms with van der Waals surface area (Å²) in [5.74, 6) is 0.952. The number of hydrogen-bond donors (Lipinski definition) is 1. The summed E-state index contributed by atoms with van der Waals surface area (Å²) < 4.78 is 43.7. The van der Waals surface area contributed by atoms with E-state index < -0.39 is 10.0 Å². The number of hydrogen-bond acceptors (Lipinski definition) is 5. The van der Waals surface area contributed by atoms with Crippen LogP contribution >= 0.6 is 11.8 Å². The van der Waals surface area contributed by atoms with Crippen LogP contribution in [0.2, 0.25) is 0 Å². The summed E-state index contributed by atoms with van der Waals surface area (Å²) in [6, 6.07) is 10.6. The molecule has 144 valence electrons. The highest BCUT2D eigenvalue weighted by Crippen LogP contribution is 2.26. The van der Waals surface area contributed by atoms with Gasteiger partial charge in [0.25, 0.3) is 0 Å². The third kappa shape index (κ3) is 4.79. The van der Waals surface area contributed by atoms with Crippen LogP contribution in [0.15, 0.2) is 52.5 Å². The molecule has 9 heteroatoms. The number of imidazole rings is 1. The Morgan fingerprint density at radius 1 is 1.22 bits per heavy atom. The van der Waals surface area contributed by atoms with Crippen LogP contribution in [-0.4, -0.2) is 30.3 Å². The average Bonchev–Trinajstić information content (AvgIpc) is 2.97. The van der Waals surface area contributed by atoms with Gasteiger partial charge in [0.2, 0.25) is 10.0 Å². The van der Waals surface area contributed by atoms with Crippen molar-refractivity contribution in [2.45, 2.75) is 29.9 Å². The minimum atomic E-state index is -3.77. The first-order chi connectivity index (χ1) is 12.9. The van der Waals surface area contributed by atoms with E-state index >= 15 is 0 Å². The van der Waals surface area contributed by atoms with E-state index in [2.05, 4.69) is 16.5 Å². The van der Waals surface area contributed by atoms with Gasteiger partial charge >= 0.3 is 0 Å². The summed E-state index contributed by atoms with van der Waals surface area (Å²) >= 11 is 1.52. The number of fused-ring (bicyclic) bond motifs is 1. The number of aromatic nitrogens is 2. The third-order valence-electron chi connectivity index (χ3n) is 3.86. The van der Waals surface area contributed by atoms with Crippen molar-refractivity contribution in [3.8, 4) is 5.75 Å². The topological polar surface area (TPSA) is 87.2 Å². The number of ether oxygens (including phenoxy) is 1. The number of nitrogens with zero attached hydrogens (tertiary/aromatic N) is 2. The van der Waals surface area contributed by atoms with Crippen molar-refractivity contribution >= 4 is 32.8 Å². The highest BCUT2D eigenvalue weighted by molar-refractivity contribution is 7.99. The van der Waals surface area contributed by atoms with Crippen LogP contribution in [-0.2, 0) is 16.6 Å². The second kappa shape index (κ2) is 8.28. The summed E-state index contributed by atoms with van der Waals surface area (Å²) in [7, 11) is -3.77. The molecule has 2 N–H and O–H groups in total. The minimum Gasteiger partial charge on any atom is -0.493 e. The fourth-order valence-electron chi connectivity index (χ4n) is 2.64. The molecule has 0 amide bonds. The van der Waals surface area contributed by atoms with Crippen LogP contribution in [0.4, 0.5) is 4.39 Å². The first-order valence-electron chi connectivity index (χ1n) is 8.42. The number of sulfonamides is 1. The normalized spacial score (nSPS) is 11.8. The average molecular weight is 410 g/mol. The Morgan fingerprint density at radius 2 is 1.96 bits per heavy atom. The molecule has 0 fully saturated rings. The quantitative estimate of drug-likeness (QED) is 0.455. The second-order valence-corrected chi connectivity index (χ2v) is 8.52. The van der Waals surface area contributed by atoms with Gasteiger partial charge in [-0.05, 0) is 48.9 Å². The van der Waals surface area contributed by atoms with Gasteiger partial charge in [-0.15, -0.1) is 0 Å². The van der Waals surface area contributed by atoms with Gasteiger partial charge in [0, 0.05) is 12.3 Å². The molecule has 3 rings (SSSR count). The van der Waals surface area contributed by atoms with Gasteiger partial charge in [0.15, 0.2) is 5.16 Å². The number of thioether (sulfide) groups is 1. The zero-order valence-electron chi connectivity index (χ0n) is 14.8.